The van der Waals surface area contributed by atoms with Crippen molar-refractivity contribution >= 4 is 0 Å². The first-order chi connectivity index (χ1) is 8.25. The predicted octanol–water partition coefficient (Wildman–Crippen LogP) is 4.58. The first-order valence-electron chi connectivity index (χ1n) is 6.75. The Bertz CT molecular complexity index is 312. The van der Waals surface area contributed by atoms with E-state index in [2.05, 4.69) is 6.92 Å². The van der Waals surface area contributed by atoms with Gasteiger partial charge in [0.2, 0.25) is 0 Å². The van der Waals surface area contributed by atoms with Gasteiger partial charge in [-0.3, -0.25) is 0 Å². The van der Waals surface area contributed by atoms with E-state index < -0.39 is 0 Å². The van der Waals surface area contributed by atoms with Crippen molar-refractivity contribution in [2.75, 3.05) is 0 Å². The van der Waals surface area contributed by atoms with E-state index in [0.717, 1.165) is 12.8 Å². The van der Waals surface area contributed by atoms with Crippen molar-refractivity contribution in [2.45, 2.75) is 57.9 Å². The third-order valence-corrected chi connectivity index (χ3v) is 3.17. The number of unbranched alkanes of at least 4 members (excludes halogenated alkanes) is 5. The van der Waals surface area contributed by atoms with Crippen LogP contribution in [-0.4, -0.2) is 0 Å². The van der Waals surface area contributed by atoms with Crippen LogP contribution in [0, 0.1) is 5.82 Å². The molecule has 0 fully saturated rings. The lowest BCUT2D eigenvalue weighted by atomic mass is 10.00. The van der Waals surface area contributed by atoms with E-state index in [-0.39, 0.29) is 11.9 Å². The van der Waals surface area contributed by atoms with E-state index in [1.165, 1.54) is 38.2 Å². The molecule has 0 bridgehead atoms. The predicted molar refractivity (Wildman–Crippen MR) is 71.3 cm³/mol. The zero-order valence-corrected chi connectivity index (χ0v) is 10.8. The Kier molecular flexibility index (Phi) is 6.87. The SMILES string of the molecule is CCCCCCCCC(N)c1ccccc1F. The zero-order valence-electron chi connectivity index (χ0n) is 10.8. The van der Waals surface area contributed by atoms with Crippen LogP contribution in [-0.2, 0) is 0 Å². The summed E-state index contributed by atoms with van der Waals surface area (Å²) in [7, 11) is 0. The van der Waals surface area contributed by atoms with Gasteiger partial charge in [0.1, 0.15) is 5.82 Å². The van der Waals surface area contributed by atoms with Gasteiger partial charge in [-0.25, -0.2) is 4.39 Å². The van der Waals surface area contributed by atoms with Crippen LogP contribution in [0.5, 0.6) is 0 Å². The molecule has 0 saturated carbocycles. The number of nitrogens with two attached hydrogens (primary N) is 1. The molecule has 17 heavy (non-hydrogen) atoms. The third-order valence-electron chi connectivity index (χ3n) is 3.17. The highest BCUT2D eigenvalue weighted by Crippen LogP contribution is 2.20. The van der Waals surface area contributed by atoms with Crippen molar-refractivity contribution < 1.29 is 4.39 Å². The summed E-state index contributed by atoms with van der Waals surface area (Å²) in [5.41, 5.74) is 6.65. The fourth-order valence-electron chi connectivity index (χ4n) is 2.08. The van der Waals surface area contributed by atoms with Crippen LogP contribution < -0.4 is 5.73 Å². The lowest BCUT2D eigenvalue weighted by Crippen LogP contribution is -2.11. The summed E-state index contributed by atoms with van der Waals surface area (Å²) >= 11 is 0. The van der Waals surface area contributed by atoms with Gasteiger partial charge >= 0.3 is 0 Å². The topological polar surface area (TPSA) is 26.0 Å². The van der Waals surface area contributed by atoms with Crippen LogP contribution in [0.1, 0.15) is 63.5 Å². The molecule has 1 aromatic carbocycles. The van der Waals surface area contributed by atoms with E-state index in [1.54, 1.807) is 12.1 Å². The van der Waals surface area contributed by atoms with Crippen LogP contribution in [0.4, 0.5) is 4.39 Å². The maximum atomic E-state index is 13.4. The maximum Gasteiger partial charge on any atom is 0.127 e. The molecule has 96 valence electrons. The van der Waals surface area contributed by atoms with Gasteiger partial charge < -0.3 is 5.73 Å². The summed E-state index contributed by atoms with van der Waals surface area (Å²) in [6.07, 6.45) is 8.37. The number of rotatable bonds is 8. The Balaban J connectivity index is 2.21. The number of hydrogen-bond donors (Lipinski definition) is 1. The minimum atomic E-state index is -0.175. The van der Waals surface area contributed by atoms with Crippen LogP contribution in [0.2, 0.25) is 0 Å². The highest BCUT2D eigenvalue weighted by atomic mass is 19.1. The van der Waals surface area contributed by atoms with Crippen molar-refractivity contribution in [3.8, 4) is 0 Å². The molecule has 0 amide bonds. The largest absolute Gasteiger partial charge is 0.324 e. The van der Waals surface area contributed by atoms with Crippen molar-refractivity contribution in [3.05, 3.63) is 35.6 Å². The molecule has 0 heterocycles. The second kappa shape index (κ2) is 8.24. The Labute approximate surface area is 104 Å². The molecule has 2 heteroatoms. The van der Waals surface area contributed by atoms with Crippen LogP contribution in [0.25, 0.3) is 0 Å². The van der Waals surface area contributed by atoms with Gasteiger partial charge in [0.15, 0.2) is 0 Å². The summed E-state index contributed by atoms with van der Waals surface area (Å²) in [6, 6.07) is 6.67. The van der Waals surface area contributed by atoms with E-state index in [0.29, 0.717) is 5.56 Å². The lowest BCUT2D eigenvalue weighted by Gasteiger charge is -2.12. The minimum Gasteiger partial charge on any atom is -0.324 e. The highest BCUT2D eigenvalue weighted by Gasteiger charge is 2.09. The quantitative estimate of drug-likeness (QED) is 0.658. The zero-order chi connectivity index (χ0) is 12.5. The van der Waals surface area contributed by atoms with Crippen molar-refractivity contribution in [1.82, 2.24) is 0 Å². The summed E-state index contributed by atoms with van der Waals surface area (Å²) in [4.78, 5) is 0. The van der Waals surface area contributed by atoms with Gasteiger partial charge in [-0.2, -0.15) is 0 Å². The first kappa shape index (κ1) is 14.2. The average Bonchev–Trinajstić information content (AvgIpc) is 2.34. The molecule has 2 N–H and O–H groups in total. The van der Waals surface area contributed by atoms with Gasteiger partial charge in [0.05, 0.1) is 0 Å². The Morgan fingerprint density at radius 3 is 2.41 bits per heavy atom. The molecular formula is C15H24FN. The Hall–Kier alpha value is -0.890. The Morgan fingerprint density at radius 2 is 1.71 bits per heavy atom. The second-order valence-corrected chi connectivity index (χ2v) is 4.68. The molecule has 0 aliphatic rings. The molecule has 1 rings (SSSR count). The second-order valence-electron chi connectivity index (χ2n) is 4.68. The highest BCUT2D eigenvalue weighted by molar-refractivity contribution is 5.20. The average molecular weight is 237 g/mol. The molecule has 0 spiro atoms. The monoisotopic (exact) mass is 237 g/mol. The van der Waals surface area contributed by atoms with Gasteiger partial charge in [-0.15, -0.1) is 0 Å². The molecule has 1 unspecified atom stereocenters. The van der Waals surface area contributed by atoms with Gasteiger partial charge in [0, 0.05) is 11.6 Å². The minimum absolute atomic E-state index is 0.151. The number of halogens is 1. The van der Waals surface area contributed by atoms with Crippen molar-refractivity contribution in [1.29, 1.82) is 0 Å². The Morgan fingerprint density at radius 1 is 1.06 bits per heavy atom. The molecule has 0 radical (unpaired) electrons. The normalized spacial score (nSPS) is 12.6. The van der Waals surface area contributed by atoms with E-state index in [1.807, 2.05) is 6.07 Å². The van der Waals surface area contributed by atoms with Crippen molar-refractivity contribution in [2.24, 2.45) is 5.73 Å². The standard InChI is InChI=1S/C15H24FN/c1-2-3-4-5-6-7-12-15(17)13-10-8-9-11-14(13)16/h8-11,15H,2-7,12,17H2,1H3. The first-order valence-corrected chi connectivity index (χ1v) is 6.75. The van der Waals surface area contributed by atoms with Gasteiger partial charge in [-0.1, -0.05) is 63.6 Å². The lowest BCUT2D eigenvalue weighted by molar-refractivity contribution is 0.523. The summed E-state index contributed by atoms with van der Waals surface area (Å²) in [6.45, 7) is 2.22. The van der Waals surface area contributed by atoms with Crippen LogP contribution >= 0.6 is 0 Å². The summed E-state index contributed by atoms with van der Waals surface area (Å²) < 4.78 is 13.4. The fraction of sp³-hybridized carbons (Fsp3) is 0.600. The van der Waals surface area contributed by atoms with E-state index in [9.17, 15) is 4.39 Å². The summed E-state index contributed by atoms with van der Waals surface area (Å²) in [5.74, 6) is -0.175. The van der Waals surface area contributed by atoms with Crippen LogP contribution in [0.3, 0.4) is 0 Å². The fourth-order valence-corrected chi connectivity index (χ4v) is 2.08. The maximum absolute atomic E-state index is 13.4. The molecule has 1 atom stereocenters. The third kappa shape index (κ3) is 5.31. The van der Waals surface area contributed by atoms with Gasteiger partial charge in [0.25, 0.3) is 0 Å². The smallest absolute Gasteiger partial charge is 0.127 e. The molecule has 1 aromatic rings. The van der Waals surface area contributed by atoms with Gasteiger partial charge in [-0.05, 0) is 12.5 Å². The molecule has 0 aromatic heterocycles. The molecule has 0 aliphatic carbocycles. The molecular weight excluding hydrogens is 213 g/mol. The molecule has 0 saturated heterocycles. The number of benzene rings is 1. The molecule has 1 nitrogen and oxygen atoms in total. The van der Waals surface area contributed by atoms with E-state index >= 15 is 0 Å². The summed E-state index contributed by atoms with van der Waals surface area (Å²) in [5, 5.41) is 0. The van der Waals surface area contributed by atoms with Crippen LogP contribution in [0.15, 0.2) is 24.3 Å². The molecule has 0 aliphatic heterocycles. The van der Waals surface area contributed by atoms with Crippen molar-refractivity contribution in [3.63, 3.8) is 0 Å². The van der Waals surface area contributed by atoms with E-state index in [4.69, 9.17) is 5.73 Å². The number of hydrogen-bond acceptors (Lipinski definition) is 1.